The van der Waals surface area contributed by atoms with Crippen molar-refractivity contribution >= 4 is 29.0 Å². The molecule has 1 aromatic carbocycles. The zero-order chi connectivity index (χ0) is 14.0. The number of nitrogen functional groups attached to an aromatic ring is 1. The first kappa shape index (κ1) is 14.0. The molecule has 0 unspecified atom stereocenters. The Kier molecular flexibility index (Phi) is 3.89. The smallest absolute Gasteiger partial charge is 0.250 e. The summed E-state index contributed by atoms with van der Waals surface area (Å²) in [5.74, 6) is -1.11. The van der Waals surface area contributed by atoms with E-state index in [1.165, 1.54) is 12.5 Å². The first-order chi connectivity index (χ1) is 8.97. The molecule has 4 nitrogen and oxygen atoms in total. The number of primary amides is 1. The third-order valence-electron chi connectivity index (χ3n) is 3.70. The Morgan fingerprint density at radius 1 is 1.53 bits per heavy atom. The molecule has 19 heavy (non-hydrogen) atoms. The van der Waals surface area contributed by atoms with Gasteiger partial charge >= 0.3 is 0 Å². The molecule has 0 aromatic heterocycles. The van der Waals surface area contributed by atoms with Gasteiger partial charge in [-0.05, 0) is 31.2 Å². The van der Waals surface area contributed by atoms with Gasteiger partial charge in [0.15, 0.2) is 0 Å². The minimum Gasteiger partial charge on any atom is -0.398 e. The average molecular weight is 283 g/mol. The van der Waals surface area contributed by atoms with Gasteiger partial charge < -0.3 is 16.8 Å². The minimum absolute atomic E-state index is 0.0683. The van der Waals surface area contributed by atoms with Crippen LogP contribution < -0.4 is 16.8 Å². The van der Waals surface area contributed by atoms with Crippen molar-refractivity contribution in [1.82, 2.24) is 0 Å². The Morgan fingerprint density at radius 2 is 2.21 bits per heavy atom. The number of rotatable bonds is 5. The molecule has 1 saturated carbocycles. The predicted octanol–water partition coefficient (Wildman–Crippen LogP) is 2.20. The lowest BCUT2D eigenvalue weighted by molar-refractivity contribution is 0.100. The molecule has 0 saturated heterocycles. The molecule has 0 spiro atoms. The molecule has 2 rings (SSSR count). The van der Waals surface area contributed by atoms with Crippen LogP contribution in [-0.4, -0.2) is 23.5 Å². The van der Waals surface area contributed by atoms with Crippen LogP contribution in [0.4, 0.5) is 15.8 Å². The Morgan fingerprint density at radius 3 is 2.68 bits per heavy atom. The van der Waals surface area contributed by atoms with Crippen molar-refractivity contribution in [2.45, 2.75) is 24.0 Å². The Labute approximate surface area is 116 Å². The number of nitrogens with two attached hydrogens (primary N) is 2. The molecule has 1 aliphatic rings. The monoisotopic (exact) mass is 283 g/mol. The maximum atomic E-state index is 13.8. The SMILES string of the molecule is CSC1(CNc2cc(C(N)=O)c(N)cc2F)CCC1. The molecule has 1 aliphatic carbocycles. The van der Waals surface area contributed by atoms with Crippen molar-refractivity contribution in [3.05, 3.63) is 23.5 Å². The standard InChI is InChI=1S/C13H18FN3OS/c1-19-13(3-2-4-13)7-17-11-5-8(12(16)18)10(15)6-9(11)14/h5-6,17H,2-4,7,15H2,1H3,(H2,16,18). The maximum Gasteiger partial charge on any atom is 0.250 e. The second kappa shape index (κ2) is 5.28. The van der Waals surface area contributed by atoms with Crippen LogP contribution in [0.15, 0.2) is 12.1 Å². The predicted molar refractivity (Wildman–Crippen MR) is 77.9 cm³/mol. The van der Waals surface area contributed by atoms with E-state index in [1.807, 2.05) is 0 Å². The molecule has 104 valence electrons. The van der Waals surface area contributed by atoms with Crippen LogP contribution in [-0.2, 0) is 0 Å². The summed E-state index contributed by atoms with van der Waals surface area (Å²) in [4.78, 5) is 11.2. The summed E-state index contributed by atoms with van der Waals surface area (Å²) in [5.41, 5.74) is 11.3. The van der Waals surface area contributed by atoms with E-state index in [4.69, 9.17) is 11.5 Å². The van der Waals surface area contributed by atoms with Crippen LogP contribution in [0.3, 0.4) is 0 Å². The van der Waals surface area contributed by atoms with Gasteiger partial charge in [0, 0.05) is 17.0 Å². The largest absolute Gasteiger partial charge is 0.398 e. The summed E-state index contributed by atoms with van der Waals surface area (Å²) < 4.78 is 14.0. The normalized spacial score (nSPS) is 16.7. The van der Waals surface area contributed by atoms with Crippen molar-refractivity contribution in [2.75, 3.05) is 23.9 Å². The van der Waals surface area contributed by atoms with Gasteiger partial charge in [-0.2, -0.15) is 11.8 Å². The molecular weight excluding hydrogens is 265 g/mol. The molecule has 5 N–H and O–H groups in total. The lowest BCUT2D eigenvalue weighted by Gasteiger charge is -2.40. The van der Waals surface area contributed by atoms with Crippen LogP contribution >= 0.6 is 11.8 Å². The number of thioether (sulfide) groups is 1. The molecule has 1 aromatic rings. The summed E-state index contributed by atoms with van der Waals surface area (Å²) in [7, 11) is 0. The first-order valence-electron chi connectivity index (χ1n) is 6.15. The van der Waals surface area contributed by atoms with Crippen LogP contribution in [0.25, 0.3) is 0 Å². The van der Waals surface area contributed by atoms with E-state index >= 15 is 0 Å². The van der Waals surface area contributed by atoms with Gasteiger partial charge in [-0.1, -0.05) is 6.42 Å². The molecule has 1 fully saturated rings. The second-order valence-electron chi connectivity index (χ2n) is 4.88. The van der Waals surface area contributed by atoms with Gasteiger partial charge in [0.05, 0.1) is 11.3 Å². The number of benzene rings is 1. The summed E-state index contributed by atoms with van der Waals surface area (Å²) in [6, 6.07) is 2.52. The van der Waals surface area contributed by atoms with Gasteiger partial charge in [-0.25, -0.2) is 4.39 Å². The van der Waals surface area contributed by atoms with E-state index in [-0.39, 0.29) is 21.7 Å². The molecule has 0 radical (unpaired) electrons. The number of halogens is 1. The topological polar surface area (TPSA) is 81.1 Å². The third-order valence-corrected chi connectivity index (χ3v) is 5.12. The molecule has 0 aliphatic heterocycles. The van der Waals surface area contributed by atoms with E-state index in [2.05, 4.69) is 11.6 Å². The zero-order valence-corrected chi connectivity index (χ0v) is 11.6. The number of hydrogen-bond donors (Lipinski definition) is 3. The number of amides is 1. The minimum atomic E-state index is -0.649. The van der Waals surface area contributed by atoms with E-state index in [0.29, 0.717) is 6.54 Å². The highest BCUT2D eigenvalue weighted by molar-refractivity contribution is 8.00. The Bertz CT molecular complexity index is 497. The first-order valence-corrected chi connectivity index (χ1v) is 7.38. The van der Waals surface area contributed by atoms with Crippen molar-refractivity contribution in [3.8, 4) is 0 Å². The number of carbonyl (C=O) groups excluding carboxylic acids is 1. The van der Waals surface area contributed by atoms with Gasteiger partial charge in [-0.15, -0.1) is 0 Å². The van der Waals surface area contributed by atoms with Crippen LogP contribution in [0.1, 0.15) is 29.6 Å². The molecule has 0 atom stereocenters. The Balaban J connectivity index is 2.16. The van der Waals surface area contributed by atoms with Crippen molar-refractivity contribution in [3.63, 3.8) is 0 Å². The van der Waals surface area contributed by atoms with Crippen LogP contribution in [0.2, 0.25) is 0 Å². The van der Waals surface area contributed by atoms with Crippen molar-refractivity contribution in [2.24, 2.45) is 5.73 Å². The molecular formula is C13H18FN3OS. The number of carbonyl (C=O) groups is 1. The van der Waals surface area contributed by atoms with Crippen LogP contribution in [0.5, 0.6) is 0 Å². The quantitative estimate of drug-likeness (QED) is 0.724. The van der Waals surface area contributed by atoms with Crippen molar-refractivity contribution < 1.29 is 9.18 Å². The maximum absolute atomic E-state index is 13.8. The molecule has 0 heterocycles. The lowest BCUT2D eigenvalue weighted by atomic mass is 9.84. The van der Waals surface area contributed by atoms with E-state index < -0.39 is 11.7 Å². The highest BCUT2D eigenvalue weighted by Crippen LogP contribution is 2.42. The van der Waals surface area contributed by atoms with Crippen molar-refractivity contribution in [1.29, 1.82) is 0 Å². The number of hydrogen-bond acceptors (Lipinski definition) is 4. The van der Waals surface area contributed by atoms with Gasteiger partial charge in [0.25, 0.3) is 5.91 Å². The summed E-state index contributed by atoms with van der Waals surface area (Å²) >= 11 is 1.80. The fraction of sp³-hybridized carbons (Fsp3) is 0.462. The molecule has 6 heteroatoms. The lowest BCUT2D eigenvalue weighted by Crippen LogP contribution is -2.40. The van der Waals surface area contributed by atoms with Gasteiger partial charge in [-0.3, -0.25) is 4.79 Å². The summed E-state index contributed by atoms with van der Waals surface area (Å²) in [5, 5.41) is 3.07. The van der Waals surface area contributed by atoms with E-state index in [1.54, 1.807) is 11.8 Å². The number of nitrogens with one attached hydrogen (secondary N) is 1. The third kappa shape index (κ3) is 2.78. The summed E-state index contributed by atoms with van der Waals surface area (Å²) in [6.45, 7) is 0.674. The van der Waals surface area contributed by atoms with E-state index in [0.717, 1.165) is 18.9 Å². The van der Waals surface area contributed by atoms with Gasteiger partial charge in [0.1, 0.15) is 5.82 Å². The highest BCUT2D eigenvalue weighted by Gasteiger charge is 2.36. The average Bonchev–Trinajstić information content (AvgIpc) is 2.30. The zero-order valence-electron chi connectivity index (χ0n) is 10.8. The van der Waals surface area contributed by atoms with E-state index in [9.17, 15) is 9.18 Å². The fourth-order valence-corrected chi connectivity index (χ4v) is 3.13. The highest BCUT2D eigenvalue weighted by atomic mass is 32.2. The summed E-state index contributed by atoms with van der Waals surface area (Å²) in [6.07, 6.45) is 5.52. The van der Waals surface area contributed by atoms with Crippen LogP contribution in [0, 0.1) is 5.82 Å². The molecule has 1 amide bonds. The second-order valence-corrected chi connectivity index (χ2v) is 6.15. The Hall–Kier alpha value is -1.43. The van der Waals surface area contributed by atoms with Gasteiger partial charge in [0.2, 0.25) is 0 Å². The molecule has 0 bridgehead atoms. The fourth-order valence-electron chi connectivity index (χ4n) is 2.22. The number of anilines is 2.